The smallest absolute Gasteiger partial charge is 0.367 e. The summed E-state index contributed by atoms with van der Waals surface area (Å²) in [7, 11) is -5.21. The third-order valence-electron chi connectivity index (χ3n) is 3.33. The molecule has 0 spiro atoms. The number of aromatic nitrogens is 1. The van der Waals surface area contributed by atoms with Crippen LogP contribution in [0.2, 0.25) is 0 Å². The van der Waals surface area contributed by atoms with Crippen molar-refractivity contribution in [3.05, 3.63) is 23.9 Å². The zero-order valence-electron chi connectivity index (χ0n) is 11.4. The number of alkyl halides is 3. The predicted molar refractivity (Wildman–Crippen MR) is 72.2 cm³/mol. The van der Waals surface area contributed by atoms with Gasteiger partial charge in [0, 0.05) is 24.8 Å². The standard InChI is InChI=1S/C12H16F3N3O2S/c1-9-3-2-4-11(16-9)17-10-5-7-18(8-6-10)21(19,20)12(13,14)15/h2-4,10H,5-8H2,1H3,(H,16,17). The summed E-state index contributed by atoms with van der Waals surface area (Å²) in [6.07, 6.45) is 0.621. The molecule has 1 aliphatic rings. The molecule has 0 atom stereocenters. The van der Waals surface area contributed by atoms with Gasteiger partial charge in [0.15, 0.2) is 0 Å². The Morgan fingerprint density at radius 2 is 1.90 bits per heavy atom. The van der Waals surface area contributed by atoms with Crippen LogP contribution in [0.3, 0.4) is 0 Å². The lowest BCUT2D eigenvalue weighted by atomic mass is 10.1. The topological polar surface area (TPSA) is 62.3 Å². The number of pyridine rings is 1. The lowest BCUT2D eigenvalue weighted by Gasteiger charge is -2.32. The third-order valence-corrected chi connectivity index (χ3v) is 4.96. The number of anilines is 1. The van der Waals surface area contributed by atoms with E-state index in [1.54, 1.807) is 6.07 Å². The minimum absolute atomic E-state index is 0.0843. The quantitative estimate of drug-likeness (QED) is 0.925. The van der Waals surface area contributed by atoms with Crippen molar-refractivity contribution in [1.29, 1.82) is 0 Å². The highest BCUT2D eigenvalue weighted by atomic mass is 32.2. The molecule has 5 nitrogen and oxygen atoms in total. The number of aryl methyl sites for hydroxylation is 1. The number of nitrogens with zero attached hydrogens (tertiary/aromatic N) is 2. The fraction of sp³-hybridized carbons (Fsp3) is 0.583. The fourth-order valence-corrected chi connectivity index (χ4v) is 3.20. The van der Waals surface area contributed by atoms with Crippen molar-refractivity contribution in [2.45, 2.75) is 31.3 Å². The van der Waals surface area contributed by atoms with E-state index in [1.807, 2.05) is 19.1 Å². The van der Waals surface area contributed by atoms with E-state index in [-0.39, 0.29) is 19.1 Å². The zero-order valence-corrected chi connectivity index (χ0v) is 12.2. The second-order valence-electron chi connectivity index (χ2n) is 4.93. The summed E-state index contributed by atoms with van der Waals surface area (Å²) in [5, 5.41) is 3.12. The van der Waals surface area contributed by atoms with E-state index in [2.05, 4.69) is 10.3 Å². The third kappa shape index (κ3) is 3.65. The molecule has 118 valence electrons. The van der Waals surface area contributed by atoms with Gasteiger partial charge in [-0.05, 0) is 31.9 Å². The largest absolute Gasteiger partial charge is 0.511 e. The molecule has 1 aliphatic heterocycles. The molecule has 0 amide bonds. The highest BCUT2D eigenvalue weighted by Crippen LogP contribution is 2.29. The Labute approximate surface area is 121 Å². The lowest BCUT2D eigenvalue weighted by molar-refractivity contribution is -0.0494. The molecule has 2 rings (SSSR count). The minimum Gasteiger partial charge on any atom is -0.367 e. The van der Waals surface area contributed by atoms with Crippen LogP contribution in [0.1, 0.15) is 18.5 Å². The summed E-state index contributed by atoms with van der Waals surface area (Å²) in [4.78, 5) is 4.25. The van der Waals surface area contributed by atoms with E-state index in [0.717, 1.165) is 5.69 Å². The van der Waals surface area contributed by atoms with Gasteiger partial charge in [0.2, 0.25) is 0 Å². The second kappa shape index (κ2) is 5.80. The number of halogens is 3. The van der Waals surface area contributed by atoms with Gasteiger partial charge in [-0.15, -0.1) is 0 Å². The Hall–Kier alpha value is -1.35. The van der Waals surface area contributed by atoms with Gasteiger partial charge in [-0.3, -0.25) is 0 Å². The van der Waals surface area contributed by atoms with E-state index in [9.17, 15) is 21.6 Å². The number of rotatable bonds is 3. The first kappa shape index (κ1) is 16.0. The predicted octanol–water partition coefficient (Wildman–Crippen LogP) is 2.12. The molecule has 0 saturated carbocycles. The van der Waals surface area contributed by atoms with Gasteiger partial charge in [0.1, 0.15) is 5.82 Å². The first-order chi connectivity index (χ1) is 9.70. The first-order valence-corrected chi connectivity index (χ1v) is 7.91. The number of nitrogens with one attached hydrogen (secondary N) is 1. The molecule has 1 aromatic rings. The van der Waals surface area contributed by atoms with Crippen LogP contribution in [0.15, 0.2) is 18.2 Å². The maximum Gasteiger partial charge on any atom is 0.511 e. The maximum atomic E-state index is 12.5. The highest BCUT2D eigenvalue weighted by Gasteiger charge is 2.50. The van der Waals surface area contributed by atoms with Crippen molar-refractivity contribution in [3.63, 3.8) is 0 Å². The van der Waals surface area contributed by atoms with Gasteiger partial charge in [0.25, 0.3) is 0 Å². The van der Waals surface area contributed by atoms with Gasteiger partial charge >= 0.3 is 15.5 Å². The molecule has 0 aliphatic carbocycles. The van der Waals surface area contributed by atoms with E-state index in [1.165, 1.54) is 0 Å². The van der Waals surface area contributed by atoms with E-state index >= 15 is 0 Å². The molecule has 9 heteroatoms. The van der Waals surface area contributed by atoms with Crippen LogP contribution in [0.4, 0.5) is 19.0 Å². The Morgan fingerprint density at radius 1 is 1.29 bits per heavy atom. The molecule has 0 unspecified atom stereocenters. The number of hydrogen-bond donors (Lipinski definition) is 1. The van der Waals surface area contributed by atoms with Gasteiger partial charge in [0.05, 0.1) is 0 Å². The molecule has 21 heavy (non-hydrogen) atoms. The van der Waals surface area contributed by atoms with Crippen LogP contribution in [-0.4, -0.2) is 42.3 Å². The normalized spacial score (nSPS) is 18.7. The van der Waals surface area contributed by atoms with Crippen LogP contribution in [-0.2, 0) is 10.0 Å². The molecule has 2 heterocycles. The average Bonchev–Trinajstić information content (AvgIpc) is 2.38. The van der Waals surface area contributed by atoms with Gasteiger partial charge in [-0.2, -0.15) is 17.5 Å². The molecule has 1 saturated heterocycles. The average molecular weight is 323 g/mol. The lowest BCUT2D eigenvalue weighted by Crippen LogP contribution is -2.47. The minimum atomic E-state index is -5.23. The SMILES string of the molecule is Cc1cccc(NC2CCN(S(=O)(=O)C(F)(F)F)CC2)n1. The Kier molecular flexibility index (Phi) is 4.43. The second-order valence-corrected chi connectivity index (χ2v) is 6.86. The number of hydrogen-bond acceptors (Lipinski definition) is 4. The van der Waals surface area contributed by atoms with Crippen molar-refractivity contribution < 1.29 is 21.6 Å². The molecule has 0 bridgehead atoms. The number of piperidine rings is 1. The van der Waals surface area contributed by atoms with E-state index < -0.39 is 15.5 Å². The van der Waals surface area contributed by atoms with Crippen LogP contribution in [0, 0.1) is 6.92 Å². The molecule has 0 aromatic carbocycles. The molecule has 1 fully saturated rings. The van der Waals surface area contributed by atoms with Crippen LogP contribution >= 0.6 is 0 Å². The van der Waals surface area contributed by atoms with Crippen molar-refractivity contribution in [2.24, 2.45) is 0 Å². The highest BCUT2D eigenvalue weighted by molar-refractivity contribution is 7.90. The first-order valence-electron chi connectivity index (χ1n) is 6.47. The summed E-state index contributed by atoms with van der Waals surface area (Å²) in [6, 6.07) is 5.35. The van der Waals surface area contributed by atoms with Crippen molar-refractivity contribution in [1.82, 2.24) is 9.29 Å². The van der Waals surface area contributed by atoms with E-state index in [0.29, 0.717) is 23.0 Å². The van der Waals surface area contributed by atoms with Crippen molar-refractivity contribution in [2.75, 3.05) is 18.4 Å². The summed E-state index contributed by atoms with van der Waals surface area (Å²) in [5.74, 6) is 0.645. The summed E-state index contributed by atoms with van der Waals surface area (Å²) < 4.78 is 60.4. The fourth-order valence-electron chi connectivity index (χ4n) is 2.22. The van der Waals surface area contributed by atoms with Gasteiger partial charge in [-0.25, -0.2) is 13.4 Å². The molecular formula is C12H16F3N3O2S. The van der Waals surface area contributed by atoms with Crippen molar-refractivity contribution >= 4 is 15.8 Å². The Morgan fingerprint density at radius 3 is 2.43 bits per heavy atom. The molecule has 0 radical (unpaired) electrons. The molecule has 1 N–H and O–H groups in total. The van der Waals surface area contributed by atoms with E-state index in [4.69, 9.17) is 0 Å². The van der Waals surface area contributed by atoms with Crippen LogP contribution in [0.5, 0.6) is 0 Å². The van der Waals surface area contributed by atoms with Crippen molar-refractivity contribution in [3.8, 4) is 0 Å². The summed E-state index contributed by atoms with van der Waals surface area (Å²) in [5.41, 5.74) is -4.40. The van der Waals surface area contributed by atoms with Crippen LogP contribution < -0.4 is 5.32 Å². The maximum absolute atomic E-state index is 12.5. The van der Waals surface area contributed by atoms with Gasteiger partial charge < -0.3 is 5.32 Å². The number of sulfonamides is 1. The molecule has 1 aromatic heterocycles. The Balaban J connectivity index is 1.95. The molecular weight excluding hydrogens is 307 g/mol. The summed E-state index contributed by atoms with van der Waals surface area (Å²) in [6.45, 7) is 1.54. The van der Waals surface area contributed by atoms with Gasteiger partial charge in [-0.1, -0.05) is 6.07 Å². The van der Waals surface area contributed by atoms with Crippen LogP contribution in [0.25, 0.3) is 0 Å². The zero-order chi connectivity index (χ0) is 15.7. The Bertz CT molecular complexity index is 596. The summed E-state index contributed by atoms with van der Waals surface area (Å²) >= 11 is 0. The monoisotopic (exact) mass is 323 g/mol.